The maximum atomic E-state index is 14.2. The highest BCUT2D eigenvalue weighted by molar-refractivity contribution is 6.14. The SMILES string of the molecule is COCOc1cc(OCOC)c(C(=O)/C(=C/c2ccc(OCOC)c(OCOC)c2)CC=C(C)C)c(OCOC)c1. The number of ketones is 1. The summed E-state index contributed by atoms with van der Waals surface area (Å²) in [6.45, 7) is 3.76. The van der Waals surface area contributed by atoms with Crippen LogP contribution in [0.4, 0.5) is 0 Å². The monoisotopic (exact) mass is 576 g/mol. The molecule has 0 radical (unpaired) electrons. The lowest BCUT2D eigenvalue weighted by molar-refractivity contribution is 0.0322. The van der Waals surface area contributed by atoms with Gasteiger partial charge in [-0.2, -0.15) is 0 Å². The van der Waals surface area contributed by atoms with Gasteiger partial charge in [0.1, 0.15) is 22.8 Å². The molecule has 226 valence electrons. The van der Waals surface area contributed by atoms with E-state index < -0.39 is 0 Å². The Morgan fingerprint density at radius 1 is 0.634 bits per heavy atom. The Hall–Kier alpha value is -3.61. The third-order valence-electron chi connectivity index (χ3n) is 5.27. The molecule has 0 aliphatic rings. The number of carbonyl (C=O) groups excluding carboxylic acids is 1. The van der Waals surface area contributed by atoms with Gasteiger partial charge in [0, 0.05) is 53.3 Å². The van der Waals surface area contributed by atoms with E-state index in [0.717, 1.165) is 5.57 Å². The fourth-order valence-corrected chi connectivity index (χ4v) is 3.46. The maximum Gasteiger partial charge on any atom is 0.196 e. The molecule has 0 fully saturated rings. The molecule has 0 aliphatic heterocycles. The highest BCUT2D eigenvalue weighted by atomic mass is 16.7. The van der Waals surface area contributed by atoms with Gasteiger partial charge in [-0.25, -0.2) is 0 Å². The van der Waals surface area contributed by atoms with E-state index in [0.29, 0.717) is 34.8 Å². The van der Waals surface area contributed by atoms with Crippen molar-refractivity contribution in [2.75, 3.05) is 69.5 Å². The second-order valence-corrected chi connectivity index (χ2v) is 8.74. The average molecular weight is 577 g/mol. The minimum atomic E-state index is -0.322. The van der Waals surface area contributed by atoms with Gasteiger partial charge in [0.15, 0.2) is 51.2 Å². The largest absolute Gasteiger partial charge is 0.467 e. The van der Waals surface area contributed by atoms with Crippen LogP contribution in [0.1, 0.15) is 36.2 Å². The van der Waals surface area contributed by atoms with Gasteiger partial charge in [-0.05, 0) is 44.0 Å². The van der Waals surface area contributed by atoms with Crippen molar-refractivity contribution in [1.82, 2.24) is 0 Å². The van der Waals surface area contributed by atoms with Gasteiger partial charge in [0.05, 0.1) is 0 Å². The van der Waals surface area contributed by atoms with Crippen molar-refractivity contribution >= 4 is 11.9 Å². The van der Waals surface area contributed by atoms with Crippen molar-refractivity contribution in [3.05, 3.63) is 58.7 Å². The molecule has 0 aromatic heterocycles. The fourth-order valence-electron chi connectivity index (χ4n) is 3.46. The van der Waals surface area contributed by atoms with Gasteiger partial charge < -0.3 is 47.4 Å². The minimum Gasteiger partial charge on any atom is -0.467 e. The first-order chi connectivity index (χ1) is 19.9. The zero-order valence-electron chi connectivity index (χ0n) is 24.8. The zero-order chi connectivity index (χ0) is 30.0. The number of hydrogen-bond acceptors (Lipinski definition) is 11. The highest BCUT2D eigenvalue weighted by Crippen LogP contribution is 2.38. The first kappa shape index (κ1) is 33.6. The summed E-state index contributed by atoms with van der Waals surface area (Å²) in [6.07, 6.45) is 4.08. The highest BCUT2D eigenvalue weighted by Gasteiger charge is 2.24. The van der Waals surface area contributed by atoms with Crippen LogP contribution in [0.15, 0.2) is 47.6 Å². The summed E-state index contributed by atoms with van der Waals surface area (Å²) in [5.74, 6) is 1.38. The number of ether oxygens (including phenoxy) is 10. The Kier molecular flexibility index (Phi) is 15.3. The van der Waals surface area contributed by atoms with Crippen molar-refractivity contribution in [3.8, 4) is 28.7 Å². The van der Waals surface area contributed by atoms with E-state index in [1.807, 2.05) is 26.0 Å². The van der Waals surface area contributed by atoms with Crippen molar-refractivity contribution in [2.45, 2.75) is 20.3 Å². The Morgan fingerprint density at radius 3 is 1.63 bits per heavy atom. The second kappa shape index (κ2) is 18.7. The summed E-state index contributed by atoms with van der Waals surface area (Å²) >= 11 is 0. The number of carbonyl (C=O) groups is 1. The maximum absolute atomic E-state index is 14.2. The summed E-state index contributed by atoms with van der Waals surface area (Å²) in [6, 6.07) is 8.48. The molecule has 11 heteroatoms. The summed E-state index contributed by atoms with van der Waals surface area (Å²) < 4.78 is 53.8. The lowest BCUT2D eigenvalue weighted by Gasteiger charge is -2.18. The van der Waals surface area contributed by atoms with Gasteiger partial charge in [-0.15, -0.1) is 0 Å². The molecule has 0 saturated heterocycles. The lowest BCUT2D eigenvalue weighted by Crippen LogP contribution is -2.13. The molecule has 0 bridgehead atoms. The van der Waals surface area contributed by atoms with Gasteiger partial charge in [0.25, 0.3) is 0 Å². The molecule has 2 rings (SSSR count). The first-order valence-electron chi connectivity index (χ1n) is 12.7. The molecule has 0 aliphatic carbocycles. The Morgan fingerprint density at radius 2 is 1.12 bits per heavy atom. The van der Waals surface area contributed by atoms with Crippen LogP contribution in [0.25, 0.3) is 6.08 Å². The Balaban J connectivity index is 2.67. The number of benzene rings is 2. The van der Waals surface area contributed by atoms with E-state index in [-0.39, 0.29) is 56.8 Å². The van der Waals surface area contributed by atoms with Crippen LogP contribution in [0, 0.1) is 0 Å². The molecular weight excluding hydrogens is 536 g/mol. The topological polar surface area (TPSA) is 109 Å². The van der Waals surface area contributed by atoms with Gasteiger partial charge >= 0.3 is 0 Å². The molecular formula is C30H40O11. The number of rotatable bonds is 20. The predicted octanol–water partition coefficient (Wildman–Crippen LogP) is 5.22. The van der Waals surface area contributed by atoms with E-state index in [4.69, 9.17) is 47.4 Å². The molecule has 2 aromatic carbocycles. The quantitative estimate of drug-likeness (QED) is 0.0895. The molecule has 0 atom stereocenters. The molecule has 0 unspecified atom stereocenters. The molecule has 0 saturated carbocycles. The summed E-state index contributed by atoms with van der Waals surface area (Å²) in [5, 5.41) is 0. The normalized spacial score (nSPS) is 11.1. The van der Waals surface area contributed by atoms with E-state index in [1.165, 1.54) is 35.5 Å². The third kappa shape index (κ3) is 11.1. The van der Waals surface area contributed by atoms with Crippen molar-refractivity contribution in [2.24, 2.45) is 0 Å². The first-order valence-corrected chi connectivity index (χ1v) is 12.7. The van der Waals surface area contributed by atoms with Gasteiger partial charge in [0.2, 0.25) is 0 Å². The lowest BCUT2D eigenvalue weighted by atomic mass is 9.96. The molecule has 2 aromatic rings. The van der Waals surface area contributed by atoms with E-state index in [1.54, 1.807) is 30.3 Å². The second-order valence-electron chi connectivity index (χ2n) is 8.74. The number of methoxy groups -OCH3 is 5. The summed E-state index contributed by atoms with van der Waals surface area (Å²) in [5.41, 5.74) is 2.40. The Bertz CT molecular complexity index is 1120. The Labute approximate surface area is 241 Å². The van der Waals surface area contributed by atoms with Crippen LogP contribution in [0.2, 0.25) is 0 Å². The van der Waals surface area contributed by atoms with Crippen LogP contribution in [0.5, 0.6) is 28.7 Å². The van der Waals surface area contributed by atoms with Crippen molar-refractivity contribution in [3.63, 3.8) is 0 Å². The van der Waals surface area contributed by atoms with Crippen LogP contribution in [-0.2, 0) is 23.7 Å². The van der Waals surface area contributed by atoms with Crippen molar-refractivity contribution < 1.29 is 52.2 Å². The standard InChI is InChI=1S/C30H40O11/c1-21(2)8-10-23(12-22-9-11-25(38-17-33-4)26(13-22)39-18-34-5)30(31)29-27(40-19-35-6)14-24(37-16-32-3)15-28(29)41-20-36-7/h8-9,11-15H,10,16-20H2,1-7H3/b23-12+. The number of allylic oxidation sites excluding steroid dienone is 3. The van der Waals surface area contributed by atoms with Crippen LogP contribution < -0.4 is 23.7 Å². The smallest absolute Gasteiger partial charge is 0.196 e. The minimum absolute atomic E-state index is 0.00990. The van der Waals surface area contributed by atoms with E-state index in [2.05, 4.69) is 0 Å². The van der Waals surface area contributed by atoms with E-state index >= 15 is 0 Å². The van der Waals surface area contributed by atoms with Crippen LogP contribution in [-0.4, -0.2) is 75.3 Å². The molecule has 0 heterocycles. The zero-order valence-corrected chi connectivity index (χ0v) is 24.8. The molecule has 11 nitrogen and oxygen atoms in total. The van der Waals surface area contributed by atoms with Gasteiger partial charge in [-0.3, -0.25) is 4.79 Å². The number of hydrogen-bond donors (Lipinski definition) is 0. The van der Waals surface area contributed by atoms with Crippen LogP contribution in [0.3, 0.4) is 0 Å². The van der Waals surface area contributed by atoms with Crippen LogP contribution >= 0.6 is 0 Å². The fraction of sp³-hybridized carbons (Fsp3) is 0.433. The van der Waals surface area contributed by atoms with Gasteiger partial charge in [-0.1, -0.05) is 17.7 Å². The number of Topliss-reactive ketones (excluding diaryl/α,β-unsaturated/α-hetero) is 1. The molecule has 0 spiro atoms. The average Bonchev–Trinajstić information content (AvgIpc) is 2.97. The molecule has 0 N–H and O–H groups in total. The third-order valence-corrected chi connectivity index (χ3v) is 5.27. The molecule has 0 amide bonds. The summed E-state index contributed by atoms with van der Waals surface area (Å²) in [4.78, 5) is 14.2. The van der Waals surface area contributed by atoms with Crippen molar-refractivity contribution in [1.29, 1.82) is 0 Å². The molecule has 41 heavy (non-hydrogen) atoms. The van der Waals surface area contributed by atoms with E-state index in [9.17, 15) is 4.79 Å². The predicted molar refractivity (Wildman–Crippen MR) is 152 cm³/mol. The summed E-state index contributed by atoms with van der Waals surface area (Å²) in [7, 11) is 7.52.